The largest absolute Gasteiger partial charge is 0.398 e. The Hall–Kier alpha value is -2.89. The molecule has 4 aliphatic carbocycles. The van der Waals surface area contributed by atoms with Crippen molar-refractivity contribution in [1.29, 1.82) is 0 Å². The lowest BCUT2D eigenvalue weighted by molar-refractivity contribution is 0.381. The van der Waals surface area contributed by atoms with Crippen LogP contribution in [0.15, 0.2) is 36.4 Å². The highest BCUT2D eigenvalue weighted by atomic mass is 19.2. The number of nitrogen functional groups attached to an aromatic ring is 1. The van der Waals surface area contributed by atoms with Gasteiger partial charge >= 0.3 is 0 Å². The van der Waals surface area contributed by atoms with Crippen LogP contribution in [0.2, 0.25) is 0 Å². The lowest BCUT2D eigenvalue weighted by Gasteiger charge is -2.17. The van der Waals surface area contributed by atoms with E-state index in [1.54, 1.807) is 6.07 Å². The average Bonchev–Trinajstić information content (AvgIpc) is 2.68. The van der Waals surface area contributed by atoms with Gasteiger partial charge in [0.25, 0.3) is 0 Å². The lowest BCUT2D eigenvalue weighted by atomic mass is 9.89. The van der Waals surface area contributed by atoms with Crippen LogP contribution in [0.4, 0.5) is 27.6 Å². The smallest absolute Gasteiger partial charge is 0.200 e. The summed E-state index contributed by atoms with van der Waals surface area (Å²) in [6.07, 6.45) is 2.01. The third kappa shape index (κ3) is 3.03. The van der Waals surface area contributed by atoms with E-state index in [0.717, 1.165) is 16.7 Å². The summed E-state index contributed by atoms with van der Waals surface area (Å²) < 4.78 is 69.8. The second-order valence-corrected chi connectivity index (χ2v) is 6.97. The van der Waals surface area contributed by atoms with Gasteiger partial charge in [0.05, 0.1) is 5.56 Å². The van der Waals surface area contributed by atoms with Crippen molar-refractivity contribution in [3.05, 3.63) is 87.7 Å². The molecule has 7 rings (SSSR count). The third-order valence-electron chi connectivity index (χ3n) is 5.23. The Bertz CT molecular complexity index is 1060. The molecule has 0 atom stereocenters. The Labute approximate surface area is 158 Å². The van der Waals surface area contributed by atoms with Gasteiger partial charge in [-0.15, -0.1) is 0 Å². The highest BCUT2D eigenvalue weighted by Gasteiger charge is 2.28. The lowest BCUT2D eigenvalue weighted by Crippen LogP contribution is -2.07. The van der Waals surface area contributed by atoms with Crippen LogP contribution in [-0.4, -0.2) is 0 Å². The molecule has 0 radical (unpaired) electrons. The van der Waals surface area contributed by atoms with E-state index in [1.165, 1.54) is 6.07 Å². The van der Waals surface area contributed by atoms with E-state index in [0.29, 0.717) is 36.9 Å². The SMILES string of the molecule is Nc1cc2ccc1CCc1ccc(cc1-c1c(F)c(F)c(F)c(F)c1F)CC2. The number of hydrogen-bond donors (Lipinski definition) is 1. The third-order valence-corrected chi connectivity index (χ3v) is 5.23. The van der Waals surface area contributed by atoms with Gasteiger partial charge in [-0.1, -0.05) is 30.3 Å². The van der Waals surface area contributed by atoms with Crippen molar-refractivity contribution in [1.82, 2.24) is 0 Å². The van der Waals surface area contributed by atoms with Crippen LogP contribution in [-0.2, 0) is 25.7 Å². The Morgan fingerprint density at radius 1 is 0.571 bits per heavy atom. The molecule has 4 aliphatic rings. The Balaban J connectivity index is 1.91. The van der Waals surface area contributed by atoms with E-state index in [4.69, 9.17) is 5.73 Å². The van der Waals surface area contributed by atoms with Crippen molar-refractivity contribution >= 4 is 5.69 Å². The molecule has 0 saturated carbocycles. The molecular formula is C22H16F5N. The summed E-state index contributed by atoms with van der Waals surface area (Å²) in [4.78, 5) is 0. The standard InChI is InChI=1S/C22H16F5N/c23-18-17(19(24)21(26)22(27)20(18)25)15-9-11-1-2-12-4-6-14(16(28)10-12)8-7-13(15)5-3-11/h3-6,9-10H,1-2,7-8,28H2. The molecule has 0 aromatic heterocycles. The van der Waals surface area contributed by atoms with E-state index >= 15 is 0 Å². The molecule has 0 amide bonds. The molecule has 0 fully saturated rings. The first-order valence-corrected chi connectivity index (χ1v) is 8.87. The molecule has 3 aromatic carbocycles. The number of benzene rings is 3. The van der Waals surface area contributed by atoms with Crippen LogP contribution in [0.25, 0.3) is 11.1 Å². The number of halogens is 5. The van der Waals surface area contributed by atoms with Crippen LogP contribution in [0, 0.1) is 29.1 Å². The fraction of sp³-hybridized carbons (Fsp3) is 0.182. The zero-order valence-corrected chi connectivity index (χ0v) is 14.8. The number of rotatable bonds is 1. The van der Waals surface area contributed by atoms with E-state index in [1.807, 2.05) is 24.3 Å². The van der Waals surface area contributed by atoms with E-state index in [9.17, 15) is 22.0 Å². The monoisotopic (exact) mass is 389 g/mol. The van der Waals surface area contributed by atoms with E-state index < -0.39 is 34.6 Å². The predicted molar refractivity (Wildman–Crippen MR) is 97.3 cm³/mol. The average molecular weight is 389 g/mol. The van der Waals surface area contributed by atoms with Crippen LogP contribution in [0.3, 0.4) is 0 Å². The Morgan fingerprint density at radius 3 is 1.68 bits per heavy atom. The van der Waals surface area contributed by atoms with Crippen molar-refractivity contribution in [2.45, 2.75) is 25.7 Å². The van der Waals surface area contributed by atoms with Gasteiger partial charge in [-0.25, -0.2) is 22.0 Å². The summed E-state index contributed by atoms with van der Waals surface area (Å²) in [7, 11) is 0. The molecule has 4 bridgehead atoms. The number of nitrogens with two attached hydrogens (primary N) is 1. The van der Waals surface area contributed by atoms with Crippen molar-refractivity contribution in [3.63, 3.8) is 0 Å². The van der Waals surface area contributed by atoms with Gasteiger partial charge in [0.2, 0.25) is 5.82 Å². The summed E-state index contributed by atoms with van der Waals surface area (Å²) >= 11 is 0. The van der Waals surface area contributed by atoms with E-state index in [2.05, 4.69) is 0 Å². The maximum Gasteiger partial charge on any atom is 0.200 e. The van der Waals surface area contributed by atoms with Gasteiger partial charge in [0, 0.05) is 5.69 Å². The quantitative estimate of drug-likeness (QED) is 0.252. The van der Waals surface area contributed by atoms with Crippen LogP contribution < -0.4 is 5.73 Å². The molecule has 1 nitrogen and oxygen atoms in total. The minimum Gasteiger partial charge on any atom is -0.398 e. The van der Waals surface area contributed by atoms with Gasteiger partial charge in [0.1, 0.15) is 0 Å². The number of aryl methyl sites for hydroxylation is 4. The van der Waals surface area contributed by atoms with Crippen LogP contribution in [0.5, 0.6) is 0 Å². The first-order chi connectivity index (χ1) is 13.4. The van der Waals surface area contributed by atoms with Crippen molar-refractivity contribution in [3.8, 4) is 11.1 Å². The molecule has 0 spiro atoms. The van der Waals surface area contributed by atoms with Gasteiger partial charge in [-0.2, -0.15) is 0 Å². The summed E-state index contributed by atoms with van der Waals surface area (Å²) in [5, 5.41) is 0. The first kappa shape index (κ1) is 18.5. The molecule has 0 heterocycles. The van der Waals surface area contributed by atoms with Gasteiger partial charge in [0.15, 0.2) is 23.3 Å². The molecule has 3 aromatic rings. The zero-order chi connectivity index (χ0) is 20.0. The predicted octanol–water partition coefficient (Wildman–Crippen LogP) is 5.52. The first-order valence-electron chi connectivity index (χ1n) is 8.87. The summed E-state index contributed by atoms with van der Waals surface area (Å²) in [6.45, 7) is 0. The van der Waals surface area contributed by atoms with Crippen LogP contribution in [0.1, 0.15) is 22.3 Å². The maximum absolute atomic E-state index is 14.4. The minimum absolute atomic E-state index is 0.0267. The van der Waals surface area contributed by atoms with Gasteiger partial charge in [-0.05, 0) is 59.6 Å². The highest BCUT2D eigenvalue weighted by Crippen LogP contribution is 2.35. The fourth-order valence-electron chi connectivity index (χ4n) is 3.66. The maximum atomic E-state index is 14.4. The molecule has 144 valence electrons. The van der Waals surface area contributed by atoms with Gasteiger partial charge < -0.3 is 5.73 Å². The fourth-order valence-corrected chi connectivity index (χ4v) is 3.66. The molecule has 2 N–H and O–H groups in total. The van der Waals surface area contributed by atoms with Crippen LogP contribution >= 0.6 is 0 Å². The molecule has 0 aliphatic heterocycles. The molecule has 28 heavy (non-hydrogen) atoms. The Morgan fingerprint density at radius 2 is 1.07 bits per heavy atom. The Kier molecular flexibility index (Phi) is 4.57. The number of anilines is 1. The van der Waals surface area contributed by atoms with E-state index in [-0.39, 0.29) is 5.56 Å². The van der Waals surface area contributed by atoms with Crippen molar-refractivity contribution in [2.24, 2.45) is 0 Å². The molecular weight excluding hydrogens is 373 g/mol. The highest BCUT2D eigenvalue weighted by molar-refractivity contribution is 5.70. The second-order valence-electron chi connectivity index (χ2n) is 6.97. The summed E-state index contributed by atoms with van der Waals surface area (Å²) in [5.74, 6) is -9.66. The minimum atomic E-state index is -2.15. The molecule has 0 saturated heterocycles. The summed E-state index contributed by atoms with van der Waals surface area (Å²) in [5.41, 5.74) is 8.99. The zero-order valence-electron chi connectivity index (χ0n) is 14.8. The van der Waals surface area contributed by atoms with Crippen molar-refractivity contribution in [2.75, 3.05) is 5.73 Å². The summed E-state index contributed by atoms with van der Waals surface area (Å²) in [6, 6.07) is 10.8. The number of hydrogen-bond acceptors (Lipinski definition) is 1. The van der Waals surface area contributed by atoms with Gasteiger partial charge in [-0.3, -0.25) is 0 Å². The topological polar surface area (TPSA) is 26.0 Å². The molecule has 6 heteroatoms. The normalized spacial score (nSPS) is 13.5. The van der Waals surface area contributed by atoms with Crippen molar-refractivity contribution < 1.29 is 22.0 Å². The molecule has 0 unspecified atom stereocenters. The second kappa shape index (κ2) is 6.93.